The Morgan fingerprint density at radius 1 is 1.33 bits per heavy atom. The Kier molecular flexibility index (Phi) is 4.01. The van der Waals surface area contributed by atoms with Gasteiger partial charge in [0.1, 0.15) is 8.24 Å². The lowest BCUT2D eigenvalue weighted by Crippen LogP contribution is -2.41. The summed E-state index contributed by atoms with van der Waals surface area (Å²) in [7, 11) is -1.03. The van der Waals surface area contributed by atoms with E-state index in [2.05, 4.69) is 46.7 Å². The number of hydrogen-bond acceptors (Lipinski definition) is 1. The molecule has 9 heavy (non-hydrogen) atoms. The molecule has 3 heteroatoms. The van der Waals surface area contributed by atoms with E-state index >= 15 is 0 Å². The van der Waals surface area contributed by atoms with Crippen LogP contribution in [0.4, 0.5) is 0 Å². The second kappa shape index (κ2) is 3.74. The van der Waals surface area contributed by atoms with E-state index < -0.39 is 8.24 Å². The minimum absolute atomic E-state index is 1.03. The highest BCUT2D eigenvalue weighted by molar-refractivity contribution is 9.08. The van der Waals surface area contributed by atoms with E-state index in [0.717, 1.165) is 6.54 Å². The highest BCUT2D eigenvalue weighted by Gasteiger charge is 2.23. The molecule has 0 spiro atoms. The summed E-state index contributed by atoms with van der Waals surface area (Å²) in [6, 6.07) is 1.31. The summed E-state index contributed by atoms with van der Waals surface area (Å²) < 4.78 is 2.32. The highest BCUT2D eigenvalue weighted by Crippen LogP contribution is 2.17. The maximum absolute atomic E-state index is 3.55. The molecular formula is C6H16BrNSi. The van der Waals surface area contributed by atoms with Crippen LogP contribution in [0.25, 0.3) is 0 Å². The molecule has 1 nitrogen and oxygen atoms in total. The molecule has 0 amide bonds. The monoisotopic (exact) mass is 209 g/mol. The largest absolute Gasteiger partial charge is 0.264 e. The molecule has 0 aliphatic carbocycles. The standard InChI is InChI=1S/C6H16BrNSi/c1-5-8(7)9(3,4)6-2/h5-6H2,1-4H3. The van der Waals surface area contributed by atoms with E-state index in [-0.39, 0.29) is 0 Å². The summed E-state index contributed by atoms with van der Waals surface area (Å²) in [5, 5.41) is 0. The van der Waals surface area contributed by atoms with E-state index in [4.69, 9.17) is 0 Å². The summed E-state index contributed by atoms with van der Waals surface area (Å²) >= 11 is 3.55. The van der Waals surface area contributed by atoms with Crippen LogP contribution in [-0.4, -0.2) is 18.4 Å². The summed E-state index contributed by atoms with van der Waals surface area (Å²) in [5.74, 6) is 0. The molecule has 0 saturated heterocycles. The maximum Gasteiger partial charge on any atom is 0.134 e. The smallest absolute Gasteiger partial charge is 0.134 e. The third-order valence-electron chi connectivity index (χ3n) is 1.80. The average molecular weight is 210 g/mol. The van der Waals surface area contributed by atoms with Crippen LogP contribution in [0.1, 0.15) is 13.8 Å². The predicted molar refractivity (Wildman–Crippen MR) is 49.3 cm³/mol. The molecule has 0 aromatic rings. The van der Waals surface area contributed by atoms with Crippen molar-refractivity contribution < 1.29 is 0 Å². The van der Waals surface area contributed by atoms with Crippen LogP contribution in [0, 0.1) is 0 Å². The van der Waals surface area contributed by atoms with E-state index in [1.165, 1.54) is 6.04 Å². The van der Waals surface area contributed by atoms with Gasteiger partial charge in [-0.05, 0) is 12.6 Å². The van der Waals surface area contributed by atoms with Crippen LogP contribution < -0.4 is 0 Å². The van der Waals surface area contributed by atoms with Gasteiger partial charge in [-0.1, -0.05) is 26.9 Å². The molecule has 0 heterocycles. The Balaban J connectivity index is 3.80. The van der Waals surface area contributed by atoms with E-state index in [9.17, 15) is 0 Å². The number of nitrogens with zero attached hydrogens (tertiary/aromatic N) is 1. The van der Waals surface area contributed by atoms with E-state index in [0.29, 0.717) is 0 Å². The highest BCUT2D eigenvalue weighted by atomic mass is 79.9. The van der Waals surface area contributed by atoms with Crippen LogP contribution >= 0.6 is 16.1 Å². The fourth-order valence-electron chi connectivity index (χ4n) is 0.600. The zero-order valence-corrected chi connectivity index (χ0v) is 9.33. The molecule has 0 aromatic carbocycles. The summed E-state index contributed by atoms with van der Waals surface area (Å²) in [5.41, 5.74) is 0. The van der Waals surface area contributed by atoms with Gasteiger partial charge in [0.05, 0.1) is 0 Å². The Bertz CT molecular complexity index is 85.1. The van der Waals surface area contributed by atoms with Gasteiger partial charge in [0.25, 0.3) is 0 Å². The normalized spacial score (nSPS) is 12.7. The van der Waals surface area contributed by atoms with Crippen LogP contribution in [0.15, 0.2) is 0 Å². The molecule has 0 unspecified atom stereocenters. The SMILES string of the molecule is CCN(Br)[Si](C)(C)CC. The predicted octanol–water partition coefficient (Wildman–Crippen LogP) is 2.84. The minimum Gasteiger partial charge on any atom is -0.264 e. The van der Waals surface area contributed by atoms with Crippen molar-refractivity contribution in [2.75, 3.05) is 6.54 Å². The Morgan fingerprint density at radius 3 is 1.89 bits per heavy atom. The first kappa shape index (κ1) is 9.66. The number of hydrogen-bond donors (Lipinski definition) is 0. The molecule has 0 aromatic heterocycles. The van der Waals surface area contributed by atoms with Crippen molar-refractivity contribution in [3.63, 3.8) is 0 Å². The van der Waals surface area contributed by atoms with Crippen molar-refractivity contribution in [1.29, 1.82) is 0 Å². The summed E-state index contributed by atoms with van der Waals surface area (Å²) in [6.45, 7) is 10.3. The van der Waals surface area contributed by atoms with E-state index in [1.54, 1.807) is 0 Å². The molecule has 0 aliphatic heterocycles. The van der Waals surface area contributed by atoms with Crippen molar-refractivity contribution in [2.45, 2.75) is 33.0 Å². The van der Waals surface area contributed by atoms with Gasteiger partial charge in [-0.25, -0.2) is 0 Å². The lowest BCUT2D eigenvalue weighted by Gasteiger charge is -2.28. The van der Waals surface area contributed by atoms with Gasteiger partial charge in [-0.3, -0.25) is 3.59 Å². The lowest BCUT2D eigenvalue weighted by molar-refractivity contribution is 0.730. The fraction of sp³-hybridized carbons (Fsp3) is 1.00. The molecular weight excluding hydrogens is 194 g/mol. The van der Waals surface area contributed by atoms with Gasteiger partial charge in [-0.15, -0.1) is 0 Å². The first-order valence-electron chi connectivity index (χ1n) is 3.48. The van der Waals surface area contributed by atoms with Crippen molar-refractivity contribution in [2.24, 2.45) is 0 Å². The van der Waals surface area contributed by atoms with Gasteiger partial charge >= 0.3 is 0 Å². The van der Waals surface area contributed by atoms with Crippen LogP contribution in [0.5, 0.6) is 0 Å². The maximum atomic E-state index is 3.55. The Labute approximate surface area is 67.9 Å². The topological polar surface area (TPSA) is 3.24 Å². The van der Waals surface area contributed by atoms with Crippen LogP contribution in [-0.2, 0) is 0 Å². The quantitative estimate of drug-likeness (QED) is 0.511. The summed E-state index contributed by atoms with van der Waals surface area (Å²) in [6.07, 6.45) is 0. The van der Waals surface area contributed by atoms with Gasteiger partial charge < -0.3 is 0 Å². The molecule has 0 rings (SSSR count). The minimum atomic E-state index is -1.03. The Hall–Kier alpha value is 0.657. The van der Waals surface area contributed by atoms with Crippen LogP contribution in [0.3, 0.4) is 0 Å². The molecule has 0 radical (unpaired) electrons. The van der Waals surface area contributed by atoms with Crippen LogP contribution in [0.2, 0.25) is 19.1 Å². The molecule has 0 aliphatic rings. The first-order valence-corrected chi connectivity index (χ1v) is 7.34. The van der Waals surface area contributed by atoms with Crippen molar-refractivity contribution in [1.82, 2.24) is 3.59 Å². The Morgan fingerprint density at radius 2 is 1.78 bits per heavy atom. The summed E-state index contributed by atoms with van der Waals surface area (Å²) in [4.78, 5) is 0. The third-order valence-corrected chi connectivity index (χ3v) is 8.54. The number of rotatable bonds is 3. The fourth-order valence-corrected chi connectivity index (χ4v) is 2.55. The van der Waals surface area contributed by atoms with Gasteiger partial charge in [0.2, 0.25) is 0 Å². The average Bonchev–Trinajstić information content (AvgIpc) is 1.86. The van der Waals surface area contributed by atoms with Gasteiger partial charge in [0.15, 0.2) is 0 Å². The number of halogens is 1. The molecule has 0 atom stereocenters. The zero-order chi connectivity index (χ0) is 7.49. The van der Waals surface area contributed by atoms with Gasteiger partial charge in [0, 0.05) is 16.1 Å². The van der Waals surface area contributed by atoms with E-state index in [1.807, 2.05) is 0 Å². The van der Waals surface area contributed by atoms with Crippen molar-refractivity contribution in [3.8, 4) is 0 Å². The van der Waals surface area contributed by atoms with Crippen molar-refractivity contribution >= 4 is 24.4 Å². The first-order chi connectivity index (χ1) is 4.04. The second-order valence-electron chi connectivity index (χ2n) is 2.84. The molecule has 0 fully saturated rings. The molecule has 0 bridgehead atoms. The van der Waals surface area contributed by atoms with Gasteiger partial charge in [-0.2, -0.15) is 0 Å². The zero-order valence-electron chi connectivity index (χ0n) is 6.74. The van der Waals surface area contributed by atoms with Crippen molar-refractivity contribution in [3.05, 3.63) is 0 Å². The molecule has 56 valence electrons. The second-order valence-corrected chi connectivity index (χ2v) is 9.23. The third kappa shape index (κ3) is 2.82. The molecule has 0 saturated carbocycles. The molecule has 0 N–H and O–H groups in total. The lowest BCUT2D eigenvalue weighted by atomic mass is 10.8.